The second-order valence-electron chi connectivity index (χ2n) is 4.86. The lowest BCUT2D eigenvalue weighted by molar-refractivity contribution is 0.180. The average molecular weight is 227 g/mol. The second kappa shape index (κ2) is 8.04. The van der Waals surface area contributed by atoms with Gasteiger partial charge in [0.2, 0.25) is 0 Å². The van der Waals surface area contributed by atoms with Crippen molar-refractivity contribution in [3.8, 4) is 0 Å². The van der Waals surface area contributed by atoms with Crippen molar-refractivity contribution in [3.63, 3.8) is 0 Å². The van der Waals surface area contributed by atoms with E-state index >= 15 is 0 Å². The van der Waals surface area contributed by atoms with E-state index in [9.17, 15) is 0 Å². The summed E-state index contributed by atoms with van der Waals surface area (Å²) >= 11 is 0. The van der Waals surface area contributed by atoms with Crippen LogP contribution in [-0.2, 0) is 0 Å². The van der Waals surface area contributed by atoms with E-state index in [1.807, 2.05) is 0 Å². The summed E-state index contributed by atoms with van der Waals surface area (Å²) in [7, 11) is 2.26. The fourth-order valence-electron chi connectivity index (χ4n) is 2.45. The van der Waals surface area contributed by atoms with Gasteiger partial charge in [0.05, 0.1) is 0 Å². The van der Waals surface area contributed by atoms with Crippen LogP contribution < -0.4 is 5.32 Å². The van der Waals surface area contributed by atoms with Crippen molar-refractivity contribution in [1.29, 1.82) is 0 Å². The number of nitrogens with zero attached hydrogens (tertiary/aromatic N) is 2. The normalized spacial score (nSPS) is 22.9. The van der Waals surface area contributed by atoms with E-state index < -0.39 is 0 Å². The van der Waals surface area contributed by atoms with E-state index in [0.717, 1.165) is 19.1 Å². The molecule has 0 aromatic heterocycles. The van der Waals surface area contributed by atoms with Gasteiger partial charge in [0.1, 0.15) is 0 Å². The predicted molar refractivity (Wildman–Crippen MR) is 70.9 cm³/mol. The Morgan fingerprint density at radius 2 is 2.00 bits per heavy atom. The number of hydrogen-bond donors (Lipinski definition) is 1. The number of nitrogens with one attached hydrogen (secondary N) is 1. The highest BCUT2D eigenvalue weighted by Crippen LogP contribution is 2.13. The van der Waals surface area contributed by atoms with Crippen LogP contribution in [0.15, 0.2) is 0 Å². The van der Waals surface area contributed by atoms with Gasteiger partial charge >= 0.3 is 0 Å². The summed E-state index contributed by atoms with van der Waals surface area (Å²) < 4.78 is 0. The molecule has 0 bridgehead atoms. The fraction of sp³-hybridized carbons (Fsp3) is 1.00. The first kappa shape index (κ1) is 13.9. The first-order valence-corrected chi connectivity index (χ1v) is 6.91. The summed E-state index contributed by atoms with van der Waals surface area (Å²) in [5, 5.41) is 3.60. The monoisotopic (exact) mass is 227 g/mol. The quantitative estimate of drug-likeness (QED) is 0.663. The Labute approximate surface area is 101 Å². The van der Waals surface area contributed by atoms with Crippen LogP contribution >= 0.6 is 0 Å². The van der Waals surface area contributed by atoms with Gasteiger partial charge in [0.25, 0.3) is 0 Å². The molecular weight excluding hydrogens is 198 g/mol. The van der Waals surface area contributed by atoms with E-state index in [0.29, 0.717) is 0 Å². The van der Waals surface area contributed by atoms with E-state index in [2.05, 4.69) is 36.0 Å². The van der Waals surface area contributed by atoms with Crippen molar-refractivity contribution in [1.82, 2.24) is 15.1 Å². The second-order valence-corrected chi connectivity index (χ2v) is 4.86. The van der Waals surface area contributed by atoms with Crippen LogP contribution in [0.1, 0.15) is 33.1 Å². The van der Waals surface area contributed by atoms with Crippen LogP contribution in [0.4, 0.5) is 0 Å². The van der Waals surface area contributed by atoms with Gasteiger partial charge in [-0.3, -0.25) is 0 Å². The van der Waals surface area contributed by atoms with Crippen molar-refractivity contribution in [2.24, 2.45) is 0 Å². The molecular formula is C13H29N3. The van der Waals surface area contributed by atoms with E-state index in [1.165, 1.54) is 45.4 Å². The van der Waals surface area contributed by atoms with E-state index in [1.54, 1.807) is 0 Å². The highest BCUT2D eigenvalue weighted by atomic mass is 15.2. The van der Waals surface area contributed by atoms with E-state index in [-0.39, 0.29) is 0 Å². The molecule has 0 radical (unpaired) electrons. The summed E-state index contributed by atoms with van der Waals surface area (Å²) in [6, 6.07) is 0.769. The summed E-state index contributed by atoms with van der Waals surface area (Å²) in [5.74, 6) is 0. The smallest absolute Gasteiger partial charge is 0.0217 e. The van der Waals surface area contributed by atoms with E-state index in [4.69, 9.17) is 0 Å². The predicted octanol–water partition coefficient (Wildman–Crippen LogP) is 1.40. The Morgan fingerprint density at radius 3 is 2.62 bits per heavy atom. The molecule has 1 atom stereocenters. The number of piperidine rings is 1. The van der Waals surface area contributed by atoms with Gasteiger partial charge in [0, 0.05) is 25.7 Å². The molecule has 1 N–H and O–H groups in total. The minimum Gasteiger partial charge on any atom is -0.314 e. The SMILES string of the molecule is CCN(CC)CCNCC1CCCCN1C. The van der Waals surface area contributed by atoms with Crippen LogP contribution in [0.3, 0.4) is 0 Å². The maximum Gasteiger partial charge on any atom is 0.0217 e. The molecule has 1 unspecified atom stereocenters. The third-order valence-electron chi connectivity index (χ3n) is 3.80. The standard InChI is InChI=1S/C13H29N3/c1-4-16(5-2)11-9-14-12-13-8-6-7-10-15(13)3/h13-14H,4-12H2,1-3H3. The number of hydrogen-bond acceptors (Lipinski definition) is 3. The van der Waals surface area contributed by atoms with Gasteiger partial charge in [-0.15, -0.1) is 0 Å². The zero-order valence-corrected chi connectivity index (χ0v) is 11.3. The average Bonchev–Trinajstić information content (AvgIpc) is 2.31. The molecule has 0 aromatic rings. The van der Waals surface area contributed by atoms with Crippen LogP contribution in [-0.4, -0.2) is 62.2 Å². The van der Waals surface area contributed by atoms with Gasteiger partial charge in [-0.05, 0) is 39.5 Å². The van der Waals surface area contributed by atoms with Gasteiger partial charge in [-0.1, -0.05) is 20.3 Å². The lowest BCUT2D eigenvalue weighted by Crippen LogP contribution is -2.44. The minimum absolute atomic E-state index is 0.769. The third kappa shape index (κ3) is 4.81. The molecule has 0 amide bonds. The zero-order chi connectivity index (χ0) is 11.8. The van der Waals surface area contributed by atoms with Crippen molar-refractivity contribution in [2.45, 2.75) is 39.2 Å². The highest BCUT2D eigenvalue weighted by Gasteiger charge is 2.17. The van der Waals surface area contributed by atoms with Gasteiger partial charge in [-0.25, -0.2) is 0 Å². The molecule has 3 heteroatoms. The maximum absolute atomic E-state index is 3.60. The Morgan fingerprint density at radius 1 is 1.25 bits per heavy atom. The molecule has 0 spiro atoms. The highest BCUT2D eigenvalue weighted by molar-refractivity contribution is 4.76. The molecule has 96 valence electrons. The Kier molecular flexibility index (Phi) is 7.01. The lowest BCUT2D eigenvalue weighted by Gasteiger charge is -2.32. The number of rotatable bonds is 7. The van der Waals surface area contributed by atoms with Gasteiger partial charge in [-0.2, -0.15) is 0 Å². The Hall–Kier alpha value is -0.120. The van der Waals surface area contributed by atoms with Crippen LogP contribution in [0, 0.1) is 0 Å². The molecule has 1 fully saturated rings. The fourth-order valence-corrected chi connectivity index (χ4v) is 2.45. The summed E-state index contributed by atoms with van der Waals surface area (Å²) in [6.07, 6.45) is 4.16. The van der Waals surface area contributed by atoms with Crippen molar-refractivity contribution < 1.29 is 0 Å². The minimum atomic E-state index is 0.769. The van der Waals surface area contributed by atoms with Crippen LogP contribution in [0.5, 0.6) is 0 Å². The van der Waals surface area contributed by atoms with Crippen molar-refractivity contribution in [3.05, 3.63) is 0 Å². The summed E-state index contributed by atoms with van der Waals surface area (Å²) in [6.45, 7) is 11.6. The molecule has 1 heterocycles. The first-order chi connectivity index (χ1) is 7.77. The number of likely N-dealkylation sites (N-methyl/N-ethyl adjacent to an activating group) is 2. The molecule has 0 aromatic carbocycles. The molecule has 16 heavy (non-hydrogen) atoms. The lowest BCUT2D eigenvalue weighted by atomic mass is 10.0. The van der Waals surface area contributed by atoms with Crippen LogP contribution in [0.2, 0.25) is 0 Å². The molecule has 1 aliphatic heterocycles. The number of likely N-dealkylation sites (tertiary alicyclic amines) is 1. The summed E-state index contributed by atoms with van der Waals surface area (Å²) in [4.78, 5) is 4.98. The van der Waals surface area contributed by atoms with Crippen LogP contribution in [0.25, 0.3) is 0 Å². The first-order valence-electron chi connectivity index (χ1n) is 6.91. The Balaban J connectivity index is 2.05. The molecule has 0 saturated carbocycles. The zero-order valence-electron chi connectivity index (χ0n) is 11.3. The molecule has 1 rings (SSSR count). The van der Waals surface area contributed by atoms with Crippen molar-refractivity contribution in [2.75, 3.05) is 46.3 Å². The largest absolute Gasteiger partial charge is 0.314 e. The summed E-state index contributed by atoms with van der Waals surface area (Å²) in [5.41, 5.74) is 0. The molecule has 1 saturated heterocycles. The Bertz CT molecular complexity index is 169. The molecule has 1 aliphatic rings. The maximum atomic E-state index is 3.60. The topological polar surface area (TPSA) is 18.5 Å². The molecule has 0 aliphatic carbocycles. The van der Waals surface area contributed by atoms with Gasteiger partial charge in [0.15, 0.2) is 0 Å². The van der Waals surface area contributed by atoms with Crippen molar-refractivity contribution >= 4 is 0 Å². The van der Waals surface area contributed by atoms with Gasteiger partial charge < -0.3 is 15.1 Å². The molecule has 3 nitrogen and oxygen atoms in total. The third-order valence-corrected chi connectivity index (χ3v) is 3.80.